The van der Waals surface area contributed by atoms with Gasteiger partial charge in [-0.1, -0.05) is 5.22 Å². The minimum atomic E-state index is 1.39. The van der Waals surface area contributed by atoms with E-state index in [1.54, 1.807) is 20.3 Å². The first-order valence-corrected chi connectivity index (χ1v) is 2.33. The Kier molecular flexibility index (Phi) is 3.74. The number of nitrogens with zero attached hydrogens (tertiary/aromatic N) is 4. The fourth-order valence-corrected chi connectivity index (χ4v) is 0.320. The molecule has 0 saturated carbocycles. The first-order chi connectivity index (χ1) is 3.81. The smallest absolute Gasteiger partial charge is 0.0513 e. The fourth-order valence-electron chi connectivity index (χ4n) is 0.320. The van der Waals surface area contributed by atoms with Crippen molar-refractivity contribution in [2.75, 3.05) is 14.1 Å². The Morgan fingerprint density at radius 2 is 2.12 bits per heavy atom. The molecule has 0 rings (SSSR count). The Labute approximate surface area is 48.9 Å². The number of hydrogen-bond donors (Lipinski definition) is 0. The Hall–Kier alpha value is -0.930. The summed E-state index contributed by atoms with van der Waals surface area (Å²) in [5, 5.41) is 12.2. The summed E-state index contributed by atoms with van der Waals surface area (Å²) in [5.41, 5.74) is 0. The van der Waals surface area contributed by atoms with Gasteiger partial charge in [-0.05, 0) is 6.92 Å². The Balaban J connectivity index is 3.47. The van der Waals surface area contributed by atoms with Crippen LogP contribution in [-0.4, -0.2) is 25.4 Å². The highest BCUT2D eigenvalue weighted by atomic mass is 15.7. The van der Waals surface area contributed by atoms with Crippen LogP contribution in [-0.2, 0) is 0 Å². The van der Waals surface area contributed by atoms with Gasteiger partial charge in [0.1, 0.15) is 0 Å². The van der Waals surface area contributed by atoms with Crippen LogP contribution in [0.15, 0.2) is 15.4 Å². The molecule has 0 spiro atoms. The molecule has 0 fully saturated rings. The molecule has 0 amide bonds. The van der Waals surface area contributed by atoms with E-state index in [1.807, 2.05) is 6.92 Å². The van der Waals surface area contributed by atoms with Crippen LogP contribution in [0.2, 0.25) is 0 Å². The van der Waals surface area contributed by atoms with Crippen molar-refractivity contribution >= 4 is 6.21 Å². The van der Waals surface area contributed by atoms with Crippen molar-refractivity contribution in [1.29, 1.82) is 0 Å². The normalized spacial score (nSPS) is 11.4. The zero-order valence-corrected chi connectivity index (χ0v) is 5.37. The summed E-state index contributed by atoms with van der Waals surface area (Å²) in [5.74, 6) is 0. The van der Waals surface area contributed by atoms with Crippen molar-refractivity contribution in [2.24, 2.45) is 15.4 Å². The third kappa shape index (κ3) is 3.27. The fraction of sp³-hybridized carbons (Fsp3) is 0.750. The van der Waals surface area contributed by atoms with Crippen molar-refractivity contribution in [3.05, 3.63) is 0 Å². The maximum Gasteiger partial charge on any atom is 0.0513 e. The van der Waals surface area contributed by atoms with E-state index in [0.29, 0.717) is 0 Å². The molecule has 0 atom stereocenters. The summed E-state index contributed by atoms with van der Waals surface area (Å²) >= 11 is 0. The van der Waals surface area contributed by atoms with Crippen LogP contribution < -0.4 is 0 Å². The lowest BCUT2D eigenvalue weighted by Crippen LogP contribution is -1.98. The number of hydrazone groups is 1. The predicted octanol–water partition coefficient (Wildman–Crippen LogP) is 0.921. The molecule has 0 aromatic rings. The molecule has 4 nitrogen and oxygen atoms in total. The van der Waals surface area contributed by atoms with E-state index >= 15 is 0 Å². The number of rotatable bonds is 2. The summed E-state index contributed by atoms with van der Waals surface area (Å²) in [4.78, 5) is 0. The van der Waals surface area contributed by atoms with Gasteiger partial charge in [-0.2, -0.15) is 15.3 Å². The van der Waals surface area contributed by atoms with Crippen molar-refractivity contribution in [3.63, 3.8) is 0 Å². The SMILES string of the molecule is C/C=N\N(C)N=NC. The van der Waals surface area contributed by atoms with Crippen LogP contribution in [0.25, 0.3) is 0 Å². The Bertz CT molecular complexity index is 84.2. The van der Waals surface area contributed by atoms with E-state index in [9.17, 15) is 0 Å². The average molecular weight is 114 g/mol. The van der Waals surface area contributed by atoms with E-state index in [-0.39, 0.29) is 0 Å². The third-order valence-electron chi connectivity index (χ3n) is 0.501. The lowest BCUT2D eigenvalue weighted by atomic mass is 10.9. The first-order valence-electron chi connectivity index (χ1n) is 2.33. The van der Waals surface area contributed by atoms with Crippen molar-refractivity contribution < 1.29 is 0 Å². The predicted molar refractivity (Wildman–Crippen MR) is 32.7 cm³/mol. The average Bonchev–Trinajstić information content (AvgIpc) is 1.68. The standard InChI is InChI=1S/C4H10N4/c1-4-6-8(3)7-5-2/h4H,1-3H3/b6-4-,7-5?. The largest absolute Gasteiger partial charge is 0.173 e. The zero-order valence-electron chi connectivity index (χ0n) is 5.37. The molecule has 0 aromatic carbocycles. The molecule has 0 bridgehead atoms. The van der Waals surface area contributed by atoms with Gasteiger partial charge in [0.25, 0.3) is 0 Å². The van der Waals surface area contributed by atoms with Gasteiger partial charge in [0.05, 0.1) is 14.1 Å². The van der Waals surface area contributed by atoms with Crippen LogP contribution >= 0.6 is 0 Å². The second-order valence-electron chi connectivity index (χ2n) is 1.15. The second kappa shape index (κ2) is 4.23. The van der Waals surface area contributed by atoms with E-state index in [1.165, 1.54) is 5.12 Å². The summed E-state index contributed by atoms with van der Waals surface area (Å²) in [6.45, 7) is 1.82. The van der Waals surface area contributed by atoms with Gasteiger partial charge < -0.3 is 0 Å². The molecule has 0 aliphatic rings. The first kappa shape index (κ1) is 7.07. The van der Waals surface area contributed by atoms with Crippen LogP contribution in [0, 0.1) is 0 Å². The zero-order chi connectivity index (χ0) is 6.41. The molecule has 0 heterocycles. The van der Waals surface area contributed by atoms with Gasteiger partial charge in [-0.25, -0.2) is 0 Å². The third-order valence-corrected chi connectivity index (χ3v) is 0.501. The van der Waals surface area contributed by atoms with Gasteiger partial charge in [0, 0.05) is 6.21 Å². The van der Waals surface area contributed by atoms with Gasteiger partial charge in [-0.15, -0.1) is 0 Å². The van der Waals surface area contributed by atoms with E-state index in [0.717, 1.165) is 0 Å². The molecule has 0 aliphatic carbocycles. The van der Waals surface area contributed by atoms with Crippen molar-refractivity contribution in [2.45, 2.75) is 6.92 Å². The monoisotopic (exact) mass is 114 g/mol. The molecule has 0 radical (unpaired) electrons. The van der Waals surface area contributed by atoms with E-state index in [2.05, 4.69) is 15.4 Å². The molecule has 0 aliphatic heterocycles. The van der Waals surface area contributed by atoms with Gasteiger partial charge in [0.2, 0.25) is 0 Å². The molecular formula is C4H10N4. The van der Waals surface area contributed by atoms with Crippen molar-refractivity contribution in [1.82, 2.24) is 5.12 Å². The highest BCUT2D eigenvalue weighted by molar-refractivity contribution is 5.52. The number of hydrogen-bond acceptors (Lipinski definition) is 3. The van der Waals surface area contributed by atoms with E-state index < -0.39 is 0 Å². The van der Waals surface area contributed by atoms with Gasteiger partial charge in [-0.3, -0.25) is 0 Å². The van der Waals surface area contributed by atoms with Crippen LogP contribution in [0.1, 0.15) is 6.92 Å². The molecule has 0 N–H and O–H groups in total. The van der Waals surface area contributed by atoms with Crippen LogP contribution in [0.5, 0.6) is 0 Å². The molecule has 8 heavy (non-hydrogen) atoms. The summed E-state index contributed by atoms with van der Waals surface area (Å²) < 4.78 is 0. The van der Waals surface area contributed by atoms with Crippen LogP contribution in [0.3, 0.4) is 0 Å². The minimum Gasteiger partial charge on any atom is -0.173 e. The molecule has 46 valence electrons. The highest BCUT2D eigenvalue weighted by Gasteiger charge is 1.77. The summed E-state index contributed by atoms with van der Waals surface area (Å²) in [6, 6.07) is 0. The molecule has 0 unspecified atom stereocenters. The topological polar surface area (TPSA) is 40.3 Å². The second-order valence-corrected chi connectivity index (χ2v) is 1.15. The van der Waals surface area contributed by atoms with Gasteiger partial charge >= 0.3 is 0 Å². The lowest BCUT2D eigenvalue weighted by Gasteiger charge is -1.98. The van der Waals surface area contributed by atoms with E-state index in [4.69, 9.17) is 0 Å². The minimum absolute atomic E-state index is 1.39. The Morgan fingerprint density at radius 1 is 1.50 bits per heavy atom. The molecule has 0 aromatic heterocycles. The molecule has 0 saturated heterocycles. The quantitative estimate of drug-likeness (QED) is 0.299. The summed E-state index contributed by atoms with van der Waals surface area (Å²) in [6.07, 6.45) is 1.65. The lowest BCUT2D eigenvalue weighted by molar-refractivity contribution is 0.351. The maximum atomic E-state index is 3.76. The van der Waals surface area contributed by atoms with Crippen molar-refractivity contribution in [3.8, 4) is 0 Å². The van der Waals surface area contributed by atoms with Gasteiger partial charge in [0.15, 0.2) is 0 Å². The highest BCUT2D eigenvalue weighted by Crippen LogP contribution is 1.81. The maximum absolute atomic E-state index is 3.76. The van der Waals surface area contributed by atoms with Crippen LogP contribution in [0.4, 0.5) is 0 Å². The molecular weight excluding hydrogens is 104 g/mol. The molecule has 4 heteroatoms. The summed E-state index contributed by atoms with van der Waals surface area (Å²) in [7, 11) is 3.31. The Morgan fingerprint density at radius 3 is 2.50 bits per heavy atom.